The smallest absolute Gasteiger partial charge is 0.296 e. The summed E-state index contributed by atoms with van der Waals surface area (Å²) in [6, 6.07) is 15.5. The number of rotatable bonds is 8. The van der Waals surface area contributed by atoms with E-state index in [1.54, 1.807) is 36.5 Å². The second kappa shape index (κ2) is 9.85. The number of pyridine rings is 1. The van der Waals surface area contributed by atoms with Crippen molar-refractivity contribution >= 4 is 22.7 Å². The zero-order valence-electron chi connectivity index (χ0n) is 20.6. The van der Waals surface area contributed by atoms with Crippen molar-refractivity contribution in [1.82, 2.24) is 4.98 Å². The summed E-state index contributed by atoms with van der Waals surface area (Å²) in [7, 11) is 0. The van der Waals surface area contributed by atoms with Crippen molar-refractivity contribution in [3.05, 3.63) is 93.5 Å². The molecule has 0 aliphatic carbocycles. The Morgan fingerprint density at radius 3 is 2.58 bits per heavy atom. The number of benzene rings is 2. The second-order valence-corrected chi connectivity index (χ2v) is 8.78. The SMILES string of the molecule is CCCCOc1ccc(C2c3c(oc4ccccc4c3=O)C(=O)N2c2ccc(C)cn2)cc1OCC. The van der Waals surface area contributed by atoms with Gasteiger partial charge in [0.2, 0.25) is 5.76 Å². The molecule has 36 heavy (non-hydrogen) atoms. The number of para-hydroxylation sites is 1. The minimum Gasteiger partial charge on any atom is -0.490 e. The molecule has 7 nitrogen and oxygen atoms in total. The van der Waals surface area contributed by atoms with E-state index in [1.165, 1.54) is 4.90 Å². The Morgan fingerprint density at radius 1 is 1.00 bits per heavy atom. The first-order valence-corrected chi connectivity index (χ1v) is 12.2. The van der Waals surface area contributed by atoms with Crippen molar-refractivity contribution in [3.63, 3.8) is 0 Å². The summed E-state index contributed by atoms with van der Waals surface area (Å²) >= 11 is 0. The van der Waals surface area contributed by atoms with Crippen LogP contribution in [0.15, 0.2) is 70.0 Å². The van der Waals surface area contributed by atoms with Crippen molar-refractivity contribution in [1.29, 1.82) is 0 Å². The van der Waals surface area contributed by atoms with E-state index < -0.39 is 11.9 Å². The number of hydrogen-bond acceptors (Lipinski definition) is 6. The number of carbonyl (C=O) groups is 1. The molecule has 0 N–H and O–H groups in total. The Balaban J connectivity index is 1.70. The van der Waals surface area contributed by atoms with Gasteiger partial charge in [-0.1, -0.05) is 37.6 Å². The van der Waals surface area contributed by atoms with Gasteiger partial charge in [0.25, 0.3) is 5.91 Å². The first-order valence-electron chi connectivity index (χ1n) is 12.2. The maximum atomic E-state index is 13.7. The lowest BCUT2D eigenvalue weighted by atomic mass is 9.98. The van der Waals surface area contributed by atoms with Crippen molar-refractivity contribution in [2.75, 3.05) is 18.1 Å². The Hall–Kier alpha value is -4.13. The quantitative estimate of drug-likeness (QED) is 0.293. The molecule has 1 unspecified atom stereocenters. The Bertz CT molecular complexity index is 1480. The molecule has 184 valence electrons. The average molecular weight is 485 g/mol. The van der Waals surface area contributed by atoms with Gasteiger partial charge in [-0.15, -0.1) is 0 Å². The molecular formula is C29H28N2O5. The van der Waals surface area contributed by atoms with Crippen molar-refractivity contribution in [2.24, 2.45) is 0 Å². The highest BCUT2D eigenvalue weighted by atomic mass is 16.5. The summed E-state index contributed by atoms with van der Waals surface area (Å²) in [6.07, 6.45) is 3.65. The van der Waals surface area contributed by atoms with Crippen LogP contribution in [-0.4, -0.2) is 24.1 Å². The average Bonchev–Trinajstić information content (AvgIpc) is 3.18. The predicted molar refractivity (Wildman–Crippen MR) is 138 cm³/mol. The van der Waals surface area contributed by atoms with Crippen LogP contribution in [0.2, 0.25) is 0 Å². The van der Waals surface area contributed by atoms with E-state index in [9.17, 15) is 9.59 Å². The lowest BCUT2D eigenvalue weighted by molar-refractivity contribution is 0.0970. The fraction of sp³-hybridized carbons (Fsp3) is 0.276. The summed E-state index contributed by atoms with van der Waals surface area (Å²) in [4.78, 5) is 33.5. The van der Waals surface area contributed by atoms with Gasteiger partial charge in [-0.3, -0.25) is 14.5 Å². The van der Waals surface area contributed by atoms with E-state index in [0.29, 0.717) is 52.6 Å². The lowest BCUT2D eigenvalue weighted by Crippen LogP contribution is -2.30. The largest absolute Gasteiger partial charge is 0.490 e. The van der Waals surface area contributed by atoms with Gasteiger partial charge in [0.05, 0.1) is 30.2 Å². The lowest BCUT2D eigenvalue weighted by Gasteiger charge is -2.25. The highest BCUT2D eigenvalue weighted by Gasteiger charge is 2.44. The summed E-state index contributed by atoms with van der Waals surface area (Å²) in [5.74, 6) is 1.26. The normalized spacial score (nSPS) is 14.8. The van der Waals surface area contributed by atoms with Gasteiger partial charge >= 0.3 is 0 Å². The summed E-state index contributed by atoms with van der Waals surface area (Å²) in [5, 5.41) is 0.428. The van der Waals surface area contributed by atoms with Crippen LogP contribution in [0.3, 0.4) is 0 Å². The molecular weight excluding hydrogens is 456 g/mol. The van der Waals surface area contributed by atoms with Crippen molar-refractivity contribution in [2.45, 2.75) is 39.7 Å². The summed E-state index contributed by atoms with van der Waals surface area (Å²) in [6.45, 7) is 6.96. The first-order chi connectivity index (χ1) is 17.5. The van der Waals surface area contributed by atoms with E-state index >= 15 is 0 Å². The highest BCUT2D eigenvalue weighted by molar-refractivity contribution is 6.10. The Labute approximate surface area is 209 Å². The van der Waals surface area contributed by atoms with Gasteiger partial charge in [0.1, 0.15) is 11.4 Å². The van der Waals surface area contributed by atoms with Gasteiger partial charge in [0.15, 0.2) is 16.9 Å². The number of hydrogen-bond donors (Lipinski definition) is 0. The number of fused-ring (bicyclic) bond motifs is 2. The van der Waals surface area contributed by atoms with Gasteiger partial charge in [-0.25, -0.2) is 4.98 Å². The molecule has 5 rings (SSSR count). The molecule has 1 amide bonds. The van der Waals surface area contributed by atoms with Gasteiger partial charge in [0, 0.05) is 6.20 Å². The molecule has 0 saturated heterocycles. The van der Waals surface area contributed by atoms with Crippen LogP contribution in [-0.2, 0) is 0 Å². The third-order valence-electron chi connectivity index (χ3n) is 6.26. The number of carbonyl (C=O) groups excluding carboxylic acids is 1. The monoisotopic (exact) mass is 484 g/mol. The molecule has 0 bridgehead atoms. The first kappa shape index (κ1) is 23.6. The molecule has 1 aliphatic rings. The molecule has 1 atom stereocenters. The fourth-order valence-corrected chi connectivity index (χ4v) is 4.48. The maximum absolute atomic E-state index is 13.7. The minimum absolute atomic E-state index is 0.0345. The van der Waals surface area contributed by atoms with Crippen LogP contribution < -0.4 is 19.8 Å². The molecule has 0 radical (unpaired) electrons. The third-order valence-corrected chi connectivity index (χ3v) is 6.26. The fourth-order valence-electron chi connectivity index (χ4n) is 4.48. The van der Waals surface area contributed by atoms with Crippen LogP contribution in [0.4, 0.5) is 5.82 Å². The zero-order valence-corrected chi connectivity index (χ0v) is 20.6. The van der Waals surface area contributed by atoms with Crippen LogP contribution in [0.5, 0.6) is 11.5 Å². The maximum Gasteiger partial charge on any atom is 0.296 e. The standard InChI is InChI=1S/C29H28N2O5/c1-4-6-15-35-22-13-12-19(16-23(22)34-5-2)26-25-27(32)20-9-7-8-10-21(20)36-28(25)29(33)31(26)24-14-11-18(3)17-30-24/h7-14,16-17,26H,4-6,15H2,1-3H3. The number of amides is 1. The van der Waals surface area contributed by atoms with E-state index in [4.69, 9.17) is 13.9 Å². The number of nitrogens with zero attached hydrogens (tertiary/aromatic N) is 2. The van der Waals surface area contributed by atoms with Crippen LogP contribution in [0.1, 0.15) is 60.0 Å². The summed E-state index contributed by atoms with van der Waals surface area (Å²) in [5.41, 5.74) is 2.11. The zero-order chi connectivity index (χ0) is 25.2. The highest BCUT2D eigenvalue weighted by Crippen LogP contribution is 2.42. The number of unbranched alkanes of at least 4 members (excludes halogenated alkanes) is 1. The molecule has 2 aromatic heterocycles. The molecule has 7 heteroatoms. The molecule has 0 saturated carbocycles. The second-order valence-electron chi connectivity index (χ2n) is 8.78. The van der Waals surface area contributed by atoms with E-state index in [0.717, 1.165) is 18.4 Å². The van der Waals surface area contributed by atoms with Crippen molar-refractivity contribution < 1.29 is 18.7 Å². The van der Waals surface area contributed by atoms with Crippen LogP contribution in [0.25, 0.3) is 11.0 Å². The van der Waals surface area contributed by atoms with Gasteiger partial charge in [-0.05, 0) is 61.7 Å². The molecule has 2 aromatic carbocycles. The Morgan fingerprint density at radius 2 is 1.83 bits per heavy atom. The number of ether oxygens (including phenoxy) is 2. The Kier molecular flexibility index (Phi) is 6.46. The molecule has 0 fully saturated rings. The van der Waals surface area contributed by atoms with Gasteiger partial charge < -0.3 is 13.9 Å². The summed E-state index contributed by atoms with van der Waals surface area (Å²) < 4.78 is 17.9. The van der Waals surface area contributed by atoms with Crippen LogP contribution in [0, 0.1) is 6.92 Å². The van der Waals surface area contributed by atoms with E-state index in [2.05, 4.69) is 11.9 Å². The predicted octanol–water partition coefficient (Wildman–Crippen LogP) is 5.82. The topological polar surface area (TPSA) is 81.9 Å². The van der Waals surface area contributed by atoms with Crippen molar-refractivity contribution in [3.8, 4) is 11.5 Å². The van der Waals surface area contributed by atoms with Gasteiger partial charge in [-0.2, -0.15) is 0 Å². The van der Waals surface area contributed by atoms with E-state index in [1.807, 2.05) is 38.1 Å². The van der Waals surface area contributed by atoms with E-state index in [-0.39, 0.29) is 11.2 Å². The number of aromatic nitrogens is 1. The minimum atomic E-state index is -0.729. The van der Waals surface area contributed by atoms with Crippen LogP contribution >= 0.6 is 0 Å². The molecule has 0 spiro atoms. The third kappa shape index (κ3) is 4.11. The number of aryl methyl sites for hydroxylation is 1. The molecule has 4 aromatic rings. The number of anilines is 1. The molecule has 1 aliphatic heterocycles. The molecule has 3 heterocycles.